The SMILES string of the molecule is CC(C)Cc1cc(S(=O)(=O)NC2C=CN(C)NCC2)ccc1C(C)C. The van der Waals surface area contributed by atoms with E-state index in [9.17, 15) is 8.42 Å². The second-order valence-electron chi connectivity index (χ2n) is 7.49. The molecule has 5 nitrogen and oxygen atoms in total. The van der Waals surface area contributed by atoms with Crippen LogP contribution < -0.4 is 10.1 Å². The molecule has 25 heavy (non-hydrogen) atoms. The lowest BCUT2D eigenvalue weighted by molar-refractivity contribution is 0.333. The Kier molecular flexibility index (Phi) is 6.65. The smallest absolute Gasteiger partial charge is 0.241 e. The van der Waals surface area contributed by atoms with Crippen molar-refractivity contribution >= 4 is 10.0 Å². The Hall–Kier alpha value is -1.37. The summed E-state index contributed by atoms with van der Waals surface area (Å²) in [6.45, 7) is 9.32. The number of hydrazine groups is 1. The van der Waals surface area contributed by atoms with Crippen LogP contribution in [0.2, 0.25) is 0 Å². The van der Waals surface area contributed by atoms with Crippen LogP contribution >= 0.6 is 0 Å². The quantitative estimate of drug-likeness (QED) is 0.813. The molecule has 0 aromatic heterocycles. The summed E-state index contributed by atoms with van der Waals surface area (Å²) in [6, 6.07) is 5.34. The normalized spacial score (nSPS) is 18.8. The third kappa shape index (κ3) is 5.56. The monoisotopic (exact) mass is 365 g/mol. The Balaban J connectivity index is 2.27. The van der Waals surface area contributed by atoms with Gasteiger partial charge < -0.3 is 5.01 Å². The minimum Gasteiger partial charge on any atom is -0.319 e. The molecule has 0 radical (unpaired) electrons. The molecule has 1 aromatic carbocycles. The van der Waals surface area contributed by atoms with Gasteiger partial charge in [-0.25, -0.2) is 18.6 Å². The van der Waals surface area contributed by atoms with Crippen molar-refractivity contribution in [2.24, 2.45) is 5.92 Å². The number of hydrogen-bond acceptors (Lipinski definition) is 4. The summed E-state index contributed by atoms with van der Waals surface area (Å²) < 4.78 is 28.5. The molecule has 0 amide bonds. The van der Waals surface area contributed by atoms with Crippen molar-refractivity contribution in [3.8, 4) is 0 Å². The van der Waals surface area contributed by atoms with E-state index in [1.165, 1.54) is 5.56 Å². The molecular formula is C19H31N3O2S. The van der Waals surface area contributed by atoms with Gasteiger partial charge in [0.05, 0.1) is 4.90 Å². The third-order valence-electron chi connectivity index (χ3n) is 4.34. The number of hydrogen-bond donors (Lipinski definition) is 2. The number of rotatable bonds is 6. The Morgan fingerprint density at radius 3 is 2.64 bits per heavy atom. The van der Waals surface area contributed by atoms with Crippen LogP contribution in [0.15, 0.2) is 35.4 Å². The van der Waals surface area contributed by atoms with Crippen LogP contribution in [0.25, 0.3) is 0 Å². The molecule has 1 aliphatic rings. The van der Waals surface area contributed by atoms with Gasteiger partial charge in [0.25, 0.3) is 0 Å². The molecule has 1 aromatic rings. The van der Waals surface area contributed by atoms with Gasteiger partial charge in [-0.3, -0.25) is 0 Å². The van der Waals surface area contributed by atoms with Crippen LogP contribution in [-0.2, 0) is 16.4 Å². The second kappa shape index (κ2) is 8.34. The first-order valence-electron chi connectivity index (χ1n) is 8.99. The van der Waals surface area contributed by atoms with E-state index in [0.717, 1.165) is 18.5 Å². The maximum atomic E-state index is 12.8. The van der Waals surface area contributed by atoms with Crippen LogP contribution in [0.5, 0.6) is 0 Å². The van der Waals surface area contributed by atoms with Crippen molar-refractivity contribution in [3.63, 3.8) is 0 Å². The lowest BCUT2D eigenvalue weighted by atomic mass is 9.92. The van der Waals surface area contributed by atoms with Gasteiger partial charge in [0.2, 0.25) is 10.0 Å². The zero-order valence-corrected chi connectivity index (χ0v) is 16.7. The lowest BCUT2D eigenvalue weighted by Gasteiger charge is -2.18. The Labute approximate surface area is 152 Å². The van der Waals surface area contributed by atoms with Crippen molar-refractivity contribution in [1.29, 1.82) is 0 Å². The fourth-order valence-electron chi connectivity index (χ4n) is 3.07. The topological polar surface area (TPSA) is 61.4 Å². The first-order chi connectivity index (χ1) is 11.7. The summed E-state index contributed by atoms with van der Waals surface area (Å²) in [6.07, 6.45) is 5.33. The average Bonchev–Trinajstić information content (AvgIpc) is 2.70. The minimum absolute atomic E-state index is 0.208. The number of nitrogens with zero attached hydrogens (tertiary/aromatic N) is 1. The van der Waals surface area contributed by atoms with E-state index < -0.39 is 10.0 Å². The average molecular weight is 366 g/mol. The summed E-state index contributed by atoms with van der Waals surface area (Å²) in [5.41, 5.74) is 5.52. The summed E-state index contributed by atoms with van der Waals surface area (Å²) >= 11 is 0. The van der Waals surface area contributed by atoms with Gasteiger partial charge in [0.1, 0.15) is 0 Å². The van der Waals surface area contributed by atoms with Gasteiger partial charge in [-0.05, 0) is 54.0 Å². The highest BCUT2D eigenvalue weighted by molar-refractivity contribution is 7.89. The van der Waals surface area contributed by atoms with Crippen LogP contribution in [0.1, 0.15) is 51.2 Å². The summed E-state index contributed by atoms with van der Waals surface area (Å²) in [5.74, 6) is 0.861. The number of sulfonamides is 1. The lowest BCUT2D eigenvalue weighted by Crippen LogP contribution is -2.35. The van der Waals surface area contributed by atoms with E-state index in [4.69, 9.17) is 0 Å². The second-order valence-corrected chi connectivity index (χ2v) is 9.20. The van der Waals surface area contributed by atoms with Crippen LogP contribution in [0.4, 0.5) is 0 Å². The van der Waals surface area contributed by atoms with Gasteiger partial charge >= 0.3 is 0 Å². The zero-order chi connectivity index (χ0) is 18.6. The first kappa shape index (κ1) is 19.9. The van der Waals surface area contributed by atoms with Crippen LogP contribution in [0.3, 0.4) is 0 Å². The molecule has 0 spiro atoms. The predicted octanol–water partition coefficient (Wildman–Crippen LogP) is 3.01. The van der Waals surface area contributed by atoms with E-state index in [1.54, 1.807) is 6.07 Å². The van der Waals surface area contributed by atoms with E-state index in [-0.39, 0.29) is 6.04 Å². The minimum atomic E-state index is -3.54. The predicted molar refractivity (Wildman–Crippen MR) is 103 cm³/mol. The Morgan fingerprint density at radius 2 is 2.00 bits per heavy atom. The molecule has 0 saturated heterocycles. The van der Waals surface area contributed by atoms with Crippen molar-refractivity contribution in [2.75, 3.05) is 13.6 Å². The molecule has 1 aliphatic heterocycles. The van der Waals surface area contributed by atoms with Crippen molar-refractivity contribution in [3.05, 3.63) is 41.6 Å². The van der Waals surface area contributed by atoms with Crippen molar-refractivity contribution in [1.82, 2.24) is 15.2 Å². The number of benzene rings is 1. The molecule has 1 atom stereocenters. The van der Waals surface area contributed by atoms with Crippen molar-refractivity contribution < 1.29 is 8.42 Å². The number of nitrogens with one attached hydrogen (secondary N) is 2. The maximum Gasteiger partial charge on any atom is 0.241 e. The highest BCUT2D eigenvalue weighted by Crippen LogP contribution is 2.25. The molecule has 0 aliphatic carbocycles. The Bertz CT molecular complexity index is 711. The fourth-order valence-corrected chi connectivity index (χ4v) is 4.35. The zero-order valence-electron chi connectivity index (χ0n) is 15.9. The van der Waals surface area contributed by atoms with Gasteiger partial charge in [-0.2, -0.15) is 0 Å². The van der Waals surface area contributed by atoms with E-state index in [2.05, 4.69) is 37.8 Å². The van der Waals surface area contributed by atoms with Gasteiger partial charge in [0.15, 0.2) is 0 Å². The van der Waals surface area contributed by atoms with Crippen LogP contribution in [-0.4, -0.2) is 33.1 Å². The molecule has 140 valence electrons. The maximum absolute atomic E-state index is 12.8. The molecule has 1 unspecified atom stereocenters. The van der Waals surface area contributed by atoms with Gasteiger partial charge in [0, 0.05) is 25.8 Å². The van der Waals surface area contributed by atoms with E-state index in [1.807, 2.05) is 36.5 Å². The highest BCUT2D eigenvalue weighted by atomic mass is 32.2. The summed E-state index contributed by atoms with van der Waals surface area (Å²) in [7, 11) is -1.64. The van der Waals surface area contributed by atoms with Gasteiger partial charge in [-0.1, -0.05) is 33.8 Å². The molecule has 0 saturated carbocycles. The van der Waals surface area contributed by atoms with E-state index in [0.29, 0.717) is 23.2 Å². The molecule has 0 bridgehead atoms. The molecular weight excluding hydrogens is 334 g/mol. The molecule has 0 fully saturated rings. The van der Waals surface area contributed by atoms with Crippen molar-refractivity contribution in [2.45, 2.75) is 57.4 Å². The van der Waals surface area contributed by atoms with E-state index >= 15 is 0 Å². The van der Waals surface area contributed by atoms with Gasteiger partial charge in [-0.15, -0.1) is 0 Å². The largest absolute Gasteiger partial charge is 0.319 e. The standard InChI is InChI=1S/C19H31N3O2S/c1-14(2)12-16-13-18(6-7-19(16)15(3)4)25(23,24)21-17-8-10-20-22(5)11-9-17/h6-7,9,11,13-15,17,20-21H,8,10,12H2,1-5H3. The molecule has 1 heterocycles. The highest BCUT2D eigenvalue weighted by Gasteiger charge is 2.21. The fraction of sp³-hybridized carbons (Fsp3) is 0.579. The van der Waals surface area contributed by atoms with Crippen LogP contribution in [0, 0.1) is 5.92 Å². The first-order valence-corrected chi connectivity index (χ1v) is 10.5. The molecule has 2 rings (SSSR count). The molecule has 2 N–H and O–H groups in total. The summed E-state index contributed by atoms with van der Waals surface area (Å²) in [4.78, 5) is 0.353. The summed E-state index contributed by atoms with van der Waals surface area (Å²) in [5, 5.41) is 1.84. The Morgan fingerprint density at radius 1 is 1.28 bits per heavy atom. The third-order valence-corrected chi connectivity index (χ3v) is 5.83. The molecule has 6 heteroatoms.